The van der Waals surface area contributed by atoms with Crippen LogP contribution in [0.5, 0.6) is 0 Å². The molecule has 278 valence electrons. The van der Waals surface area contributed by atoms with Crippen molar-refractivity contribution in [2.45, 2.75) is 70.6 Å². The maximum atomic E-state index is 5.22. The zero-order valence-corrected chi connectivity index (χ0v) is 33.4. The Kier molecular flexibility index (Phi) is 8.56. The second kappa shape index (κ2) is 13.8. The number of hydrogen-bond donors (Lipinski definition) is 0. The highest BCUT2D eigenvalue weighted by Gasteiger charge is 2.40. The summed E-state index contributed by atoms with van der Waals surface area (Å²) >= 11 is 0. The predicted octanol–water partition coefficient (Wildman–Crippen LogP) is 14.9. The van der Waals surface area contributed by atoms with Crippen LogP contribution in [0.2, 0.25) is 0 Å². The number of aromatic nitrogens is 2. The number of nitrogens with zero attached hydrogens (tertiary/aromatic N) is 2. The lowest BCUT2D eigenvalue weighted by molar-refractivity contribution is 0.487. The van der Waals surface area contributed by atoms with Gasteiger partial charge in [-0.3, -0.25) is 4.98 Å². The highest BCUT2D eigenvalue weighted by molar-refractivity contribution is 5.89. The topological polar surface area (TPSA) is 25.8 Å². The number of benzene rings is 6. The number of rotatable bonds is 9. The Bertz CT molecular complexity index is 2830. The molecule has 0 N–H and O–H groups in total. The molecule has 0 saturated heterocycles. The Balaban J connectivity index is 1.08. The van der Waals surface area contributed by atoms with E-state index in [0.29, 0.717) is 0 Å². The van der Waals surface area contributed by atoms with E-state index in [1.165, 1.54) is 86.9 Å². The SMILES string of the molecule is CCCCCCC1(C)c2cc(-c3cc(-c4ccccc4)nc(-c4cc5ccccc5cn4)c3)ccc2-c2ccc(-c3ccc4c(c3)C(C)(C)c3ccccc3-4)cc21. The smallest absolute Gasteiger partial charge is 0.0900 e. The van der Waals surface area contributed by atoms with Gasteiger partial charge >= 0.3 is 0 Å². The summed E-state index contributed by atoms with van der Waals surface area (Å²) in [4.78, 5) is 10.1. The van der Waals surface area contributed by atoms with Gasteiger partial charge in [0.25, 0.3) is 0 Å². The summed E-state index contributed by atoms with van der Waals surface area (Å²) in [6.45, 7) is 9.56. The molecule has 57 heavy (non-hydrogen) atoms. The molecule has 2 aromatic heterocycles. The zero-order chi connectivity index (χ0) is 38.7. The van der Waals surface area contributed by atoms with Crippen LogP contribution in [0.1, 0.15) is 82.1 Å². The molecule has 6 aromatic carbocycles. The second-order valence-corrected chi connectivity index (χ2v) is 17.0. The molecule has 2 aliphatic rings. The number of pyridine rings is 2. The summed E-state index contributed by atoms with van der Waals surface area (Å²) in [5.41, 5.74) is 19.8. The molecular weight excluding hydrogens is 689 g/mol. The fraction of sp³-hybridized carbons (Fsp3) is 0.200. The molecule has 2 nitrogen and oxygen atoms in total. The molecule has 0 spiro atoms. The van der Waals surface area contributed by atoms with Crippen molar-refractivity contribution in [2.75, 3.05) is 0 Å². The van der Waals surface area contributed by atoms with Crippen molar-refractivity contribution in [3.05, 3.63) is 180 Å². The van der Waals surface area contributed by atoms with Crippen LogP contribution in [0, 0.1) is 0 Å². The van der Waals surface area contributed by atoms with Gasteiger partial charge in [-0.05, 0) is 115 Å². The minimum atomic E-state index is -0.116. The Morgan fingerprint density at radius 2 is 1.00 bits per heavy atom. The summed E-state index contributed by atoms with van der Waals surface area (Å²) < 4.78 is 0. The summed E-state index contributed by atoms with van der Waals surface area (Å²) in [5, 5.41) is 2.30. The average Bonchev–Trinajstić information content (AvgIpc) is 3.64. The van der Waals surface area contributed by atoms with Gasteiger partial charge in [-0.2, -0.15) is 0 Å². The summed E-state index contributed by atoms with van der Waals surface area (Å²) in [6.07, 6.45) is 8.04. The van der Waals surface area contributed by atoms with E-state index in [0.717, 1.165) is 45.4 Å². The van der Waals surface area contributed by atoms with Crippen molar-refractivity contribution < 1.29 is 0 Å². The predicted molar refractivity (Wildman–Crippen MR) is 239 cm³/mol. The summed E-state index contributed by atoms with van der Waals surface area (Å²) in [7, 11) is 0. The van der Waals surface area contributed by atoms with Crippen molar-refractivity contribution in [2.24, 2.45) is 0 Å². The molecule has 2 heterocycles. The largest absolute Gasteiger partial charge is 0.254 e. The zero-order valence-electron chi connectivity index (χ0n) is 33.4. The van der Waals surface area contributed by atoms with E-state index in [-0.39, 0.29) is 10.8 Å². The van der Waals surface area contributed by atoms with Gasteiger partial charge in [0.15, 0.2) is 0 Å². The monoisotopic (exact) mass is 736 g/mol. The van der Waals surface area contributed by atoms with E-state index in [1.54, 1.807) is 0 Å². The first kappa shape index (κ1) is 35.3. The van der Waals surface area contributed by atoms with Gasteiger partial charge in [-0.1, -0.05) is 169 Å². The third-order valence-electron chi connectivity index (χ3n) is 13.1. The van der Waals surface area contributed by atoms with Gasteiger partial charge in [0.1, 0.15) is 0 Å². The van der Waals surface area contributed by atoms with Crippen molar-refractivity contribution >= 4 is 10.8 Å². The van der Waals surface area contributed by atoms with E-state index in [1.807, 2.05) is 6.20 Å². The molecule has 2 aliphatic carbocycles. The first-order valence-electron chi connectivity index (χ1n) is 20.8. The van der Waals surface area contributed by atoms with Crippen LogP contribution in [0.15, 0.2) is 158 Å². The molecule has 1 unspecified atom stereocenters. The van der Waals surface area contributed by atoms with E-state index < -0.39 is 0 Å². The Hall–Kier alpha value is -6.12. The maximum Gasteiger partial charge on any atom is 0.0900 e. The van der Waals surface area contributed by atoms with Crippen molar-refractivity contribution in [1.82, 2.24) is 9.97 Å². The van der Waals surface area contributed by atoms with Gasteiger partial charge in [-0.25, -0.2) is 4.98 Å². The fourth-order valence-electron chi connectivity index (χ4n) is 9.84. The van der Waals surface area contributed by atoms with Crippen molar-refractivity contribution in [3.8, 4) is 67.2 Å². The number of fused-ring (bicyclic) bond motifs is 7. The highest BCUT2D eigenvalue weighted by atomic mass is 14.8. The molecule has 0 radical (unpaired) electrons. The van der Waals surface area contributed by atoms with Crippen LogP contribution < -0.4 is 0 Å². The van der Waals surface area contributed by atoms with Crippen LogP contribution in [0.3, 0.4) is 0 Å². The maximum absolute atomic E-state index is 5.22. The summed E-state index contributed by atoms with van der Waals surface area (Å²) in [5.74, 6) is 0. The molecule has 0 bridgehead atoms. The first-order valence-corrected chi connectivity index (χ1v) is 20.8. The van der Waals surface area contributed by atoms with Gasteiger partial charge in [0, 0.05) is 28.0 Å². The lowest BCUT2D eigenvalue weighted by atomic mass is 9.75. The summed E-state index contributed by atoms with van der Waals surface area (Å²) in [6, 6.07) is 56.2. The first-order chi connectivity index (χ1) is 27.8. The van der Waals surface area contributed by atoms with Crippen LogP contribution in [-0.2, 0) is 10.8 Å². The van der Waals surface area contributed by atoms with Crippen LogP contribution in [-0.4, -0.2) is 9.97 Å². The van der Waals surface area contributed by atoms with E-state index >= 15 is 0 Å². The number of hydrogen-bond acceptors (Lipinski definition) is 2. The van der Waals surface area contributed by atoms with Gasteiger partial charge in [0.05, 0.1) is 17.1 Å². The molecule has 2 heteroatoms. The molecule has 1 atom stereocenters. The molecule has 0 amide bonds. The second-order valence-electron chi connectivity index (χ2n) is 17.0. The Morgan fingerprint density at radius 1 is 0.421 bits per heavy atom. The molecule has 8 aromatic rings. The lowest BCUT2D eigenvalue weighted by Gasteiger charge is -2.28. The lowest BCUT2D eigenvalue weighted by Crippen LogP contribution is -2.21. The van der Waals surface area contributed by atoms with Gasteiger partial charge < -0.3 is 0 Å². The van der Waals surface area contributed by atoms with Crippen LogP contribution in [0.4, 0.5) is 0 Å². The van der Waals surface area contributed by atoms with Crippen LogP contribution >= 0.6 is 0 Å². The van der Waals surface area contributed by atoms with Crippen LogP contribution in [0.25, 0.3) is 77.9 Å². The van der Waals surface area contributed by atoms with Gasteiger partial charge in [0.2, 0.25) is 0 Å². The van der Waals surface area contributed by atoms with E-state index in [9.17, 15) is 0 Å². The van der Waals surface area contributed by atoms with Crippen molar-refractivity contribution in [3.63, 3.8) is 0 Å². The standard InChI is InChI=1S/C55H48N2/c1-5-6-7-15-28-55(4)49-30-39(38-22-25-44-43-20-13-14-21-47(43)54(2,3)48(44)29-38)23-26-45(49)46-27-24-40(31-50(46)55)42-33-51(36-16-9-8-10-17-36)57-53(34-42)52-32-37-18-11-12-19-41(37)35-56-52/h8-14,16-27,29-35H,5-7,15,28H2,1-4H3. The van der Waals surface area contributed by atoms with Gasteiger partial charge in [-0.15, -0.1) is 0 Å². The highest BCUT2D eigenvalue weighted by Crippen LogP contribution is 2.54. The number of unbranched alkanes of at least 4 members (excludes halogenated alkanes) is 3. The Morgan fingerprint density at radius 3 is 1.72 bits per heavy atom. The molecule has 0 fully saturated rings. The molecule has 10 rings (SSSR count). The molecule has 0 saturated carbocycles. The van der Waals surface area contributed by atoms with E-state index in [2.05, 4.69) is 179 Å². The fourth-order valence-corrected chi connectivity index (χ4v) is 9.84. The third-order valence-corrected chi connectivity index (χ3v) is 13.1. The minimum Gasteiger partial charge on any atom is -0.254 e. The van der Waals surface area contributed by atoms with Crippen molar-refractivity contribution in [1.29, 1.82) is 0 Å². The quantitative estimate of drug-likeness (QED) is 0.138. The minimum absolute atomic E-state index is 0.0311. The Labute approximate surface area is 337 Å². The molecular formula is C55H48N2. The third kappa shape index (κ3) is 5.93. The average molecular weight is 737 g/mol. The normalized spacial score (nSPS) is 15.9. The van der Waals surface area contributed by atoms with E-state index in [4.69, 9.17) is 9.97 Å². The molecule has 0 aliphatic heterocycles.